The van der Waals surface area contributed by atoms with Gasteiger partial charge in [0.05, 0.1) is 22.3 Å². The second-order valence-electron chi connectivity index (χ2n) is 7.34. The van der Waals surface area contributed by atoms with Crippen LogP contribution in [-0.4, -0.2) is 36.1 Å². The summed E-state index contributed by atoms with van der Waals surface area (Å²) in [6, 6.07) is 14.1. The lowest BCUT2D eigenvalue weighted by molar-refractivity contribution is 0.102. The molecular weight excluding hydrogens is 408 g/mol. The van der Waals surface area contributed by atoms with Crippen molar-refractivity contribution in [1.82, 2.24) is 30.4 Å². The van der Waals surface area contributed by atoms with E-state index in [0.29, 0.717) is 0 Å². The van der Waals surface area contributed by atoms with Crippen LogP contribution in [0.1, 0.15) is 16.6 Å². The summed E-state index contributed by atoms with van der Waals surface area (Å²) in [7, 11) is 0. The number of rotatable bonds is 4. The maximum absolute atomic E-state index is 11.7. The highest BCUT2D eigenvalue weighted by Crippen LogP contribution is 2.36. The molecule has 6 rings (SSSR count). The number of benzene rings is 1. The maximum Gasteiger partial charge on any atom is 0.169 e. The van der Waals surface area contributed by atoms with Gasteiger partial charge in [-0.05, 0) is 48.9 Å². The molecule has 5 aromatic heterocycles. The summed E-state index contributed by atoms with van der Waals surface area (Å²) in [5.41, 5.74) is 6.59. The number of nitrogens with zero attached hydrogens (tertiary/aromatic N) is 3. The first-order valence-electron chi connectivity index (χ1n) is 9.74. The number of ketones is 1. The lowest BCUT2D eigenvalue weighted by Crippen LogP contribution is -1.83. The molecule has 7 nitrogen and oxygen atoms in total. The fourth-order valence-corrected chi connectivity index (χ4v) is 4.79. The molecule has 0 aliphatic rings. The molecule has 3 N–H and O–H groups in total. The molecule has 0 saturated carbocycles. The molecule has 5 heterocycles. The van der Waals surface area contributed by atoms with E-state index in [-0.39, 0.29) is 5.78 Å². The molecule has 0 aliphatic carbocycles. The number of carbonyl (C=O) groups excluding carboxylic acids is 1. The highest BCUT2D eigenvalue weighted by atomic mass is 32.1. The molecule has 0 amide bonds. The van der Waals surface area contributed by atoms with Crippen molar-refractivity contribution in [2.24, 2.45) is 0 Å². The lowest BCUT2D eigenvalue weighted by atomic mass is 10.1. The van der Waals surface area contributed by atoms with Gasteiger partial charge in [0, 0.05) is 39.2 Å². The Morgan fingerprint density at radius 3 is 2.77 bits per heavy atom. The molecule has 1 aromatic carbocycles. The molecular formula is C23H16N6OS. The first-order chi connectivity index (χ1) is 15.2. The highest BCUT2D eigenvalue weighted by Gasteiger charge is 2.16. The normalized spacial score (nSPS) is 11.5. The number of aromatic nitrogens is 6. The Labute approximate surface area is 180 Å². The Bertz CT molecular complexity index is 1570. The zero-order chi connectivity index (χ0) is 20.9. The lowest BCUT2D eigenvalue weighted by Gasteiger charge is -1.99. The van der Waals surface area contributed by atoms with Crippen molar-refractivity contribution in [3.05, 3.63) is 65.9 Å². The van der Waals surface area contributed by atoms with Gasteiger partial charge in [0.2, 0.25) is 0 Å². The number of pyridine rings is 1. The summed E-state index contributed by atoms with van der Waals surface area (Å²) in [5, 5.41) is 16.6. The second kappa shape index (κ2) is 6.75. The van der Waals surface area contributed by atoms with Gasteiger partial charge < -0.3 is 4.98 Å². The third-order valence-corrected chi connectivity index (χ3v) is 6.62. The number of hydrogen-bond donors (Lipinski definition) is 3. The minimum Gasteiger partial charge on any atom is -0.338 e. The Morgan fingerprint density at radius 2 is 1.97 bits per heavy atom. The number of thiophene rings is 1. The van der Waals surface area contributed by atoms with E-state index in [1.54, 1.807) is 19.3 Å². The molecule has 0 saturated heterocycles. The summed E-state index contributed by atoms with van der Waals surface area (Å²) >= 11 is 1.50. The van der Waals surface area contributed by atoms with Gasteiger partial charge in [0.15, 0.2) is 5.78 Å². The highest BCUT2D eigenvalue weighted by molar-refractivity contribution is 7.17. The van der Waals surface area contributed by atoms with Crippen LogP contribution < -0.4 is 0 Å². The molecule has 0 unspecified atom stereocenters. The van der Waals surface area contributed by atoms with Gasteiger partial charge in [-0.15, -0.1) is 11.3 Å². The number of Topliss-reactive ketones (excluding diaryl/α,β-unsaturated/α-hetero) is 1. The van der Waals surface area contributed by atoms with E-state index in [2.05, 4.69) is 42.5 Å². The zero-order valence-electron chi connectivity index (χ0n) is 16.4. The summed E-state index contributed by atoms with van der Waals surface area (Å²) in [5.74, 6) is 0.0766. The Balaban J connectivity index is 1.50. The third-order valence-electron chi connectivity index (χ3n) is 5.40. The van der Waals surface area contributed by atoms with Crippen molar-refractivity contribution in [1.29, 1.82) is 0 Å². The fourth-order valence-electron chi connectivity index (χ4n) is 3.85. The number of hydrogen-bond acceptors (Lipinski definition) is 5. The monoisotopic (exact) mass is 424 g/mol. The predicted molar refractivity (Wildman–Crippen MR) is 122 cm³/mol. The van der Waals surface area contributed by atoms with Gasteiger partial charge in [-0.2, -0.15) is 10.2 Å². The van der Waals surface area contributed by atoms with Crippen molar-refractivity contribution in [3.63, 3.8) is 0 Å². The summed E-state index contributed by atoms with van der Waals surface area (Å²) in [6.07, 6.45) is 5.46. The molecule has 150 valence electrons. The average molecular weight is 424 g/mol. The van der Waals surface area contributed by atoms with Crippen molar-refractivity contribution < 1.29 is 4.79 Å². The van der Waals surface area contributed by atoms with Crippen LogP contribution in [0.4, 0.5) is 0 Å². The summed E-state index contributed by atoms with van der Waals surface area (Å²) in [4.78, 5) is 21.4. The predicted octanol–water partition coefficient (Wildman–Crippen LogP) is 5.43. The largest absolute Gasteiger partial charge is 0.338 e. The van der Waals surface area contributed by atoms with Crippen LogP contribution in [0, 0.1) is 0 Å². The van der Waals surface area contributed by atoms with Crippen molar-refractivity contribution in [3.8, 4) is 33.0 Å². The van der Waals surface area contributed by atoms with E-state index >= 15 is 0 Å². The van der Waals surface area contributed by atoms with E-state index in [0.717, 1.165) is 59.8 Å². The molecule has 31 heavy (non-hydrogen) atoms. The third kappa shape index (κ3) is 2.88. The molecule has 0 spiro atoms. The molecule has 0 aliphatic heterocycles. The van der Waals surface area contributed by atoms with Gasteiger partial charge in [0.25, 0.3) is 0 Å². The van der Waals surface area contributed by atoms with Crippen LogP contribution >= 0.6 is 11.3 Å². The topological polar surface area (TPSA) is 103 Å². The first-order valence-corrected chi connectivity index (χ1v) is 10.6. The summed E-state index contributed by atoms with van der Waals surface area (Å²) in [6.45, 7) is 1.59. The SMILES string of the molecule is CC(=O)c1ccc(-c2ccnc3[nH]c(-c4n[nH]c5ccc(-c6cn[nH]c6)cc45)cc23)s1. The standard InChI is InChI=1S/C23H16N6OS/c1-12(30)20-4-5-21(31-20)15-6-7-24-23-16(15)9-19(27-23)22-17-8-13(14-10-25-26-11-14)2-3-18(17)28-29-22/h2-11H,1H3,(H,24,27)(H,25,26)(H,28,29). The number of carbonyl (C=O) groups is 1. The van der Waals surface area contributed by atoms with Crippen LogP contribution in [0.3, 0.4) is 0 Å². The van der Waals surface area contributed by atoms with Gasteiger partial charge in [-0.1, -0.05) is 6.07 Å². The van der Waals surface area contributed by atoms with Crippen LogP contribution in [0.15, 0.2) is 61.1 Å². The van der Waals surface area contributed by atoms with Gasteiger partial charge in [-0.25, -0.2) is 4.98 Å². The van der Waals surface area contributed by atoms with E-state index in [4.69, 9.17) is 0 Å². The van der Waals surface area contributed by atoms with E-state index in [1.165, 1.54) is 11.3 Å². The number of H-pyrrole nitrogens is 3. The maximum atomic E-state index is 11.7. The Kier molecular flexibility index (Phi) is 3.87. The quantitative estimate of drug-likeness (QED) is 0.328. The fraction of sp³-hybridized carbons (Fsp3) is 0.0435. The van der Waals surface area contributed by atoms with Gasteiger partial charge in [-0.3, -0.25) is 15.0 Å². The van der Waals surface area contributed by atoms with Crippen molar-refractivity contribution >= 4 is 39.1 Å². The number of nitrogens with one attached hydrogen (secondary N) is 3. The van der Waals surface area contributed by atoms with Gasteiger partial charge >= 0.3 is 0 Å². The van der Waals surface area contributed by atoms with E-state index < -0.39 is 0 Å². The molecule has 6 aromatic rings. The smallest absolute Gasteiger partial charge is 0.169 e. The minimum absolute atomic E-state index is 0.0766. The average Bonchev–Trinajstić information content (AvgIpc) is 3.58. The van der Waals surface area contributed by atoms with Crippen LogP contribution in [0.2, 0.25) is 0 Å². The summed E-state index contributed by atoms with van der Waals surface area (Å²) < 4.78 is 0. The molecule has 0 fully saturated rings. The Hall–Kier alpha value is -4.04. The van der Waals surface area contributed by atoms with Crippen LogP contribution in [-0.2, 0) is 0 Å². The van der Waals surface area contributed by atoms with Crippen molar-refractivity contribution in [2.45, 2.75) is 6.92 Å². The molecule has 8 heteroatoms. The number of aromatic amines is 3. The minimum atomic E-state index is 0.0766. The molecule has 0 atom stereocenters. The Morgan fingerprint density at radius 1 is 1.03 bits per heavy atom. The van der Waals surface area contributed by atoms with Crippen LogP contribution in [0.5, 0.6) is 0 Å². The molecule has 0 radical (unpaired) electrons. The van der Waals surface area contributed by atoms with Crippen molar-refractivity contribution in [2.75, 3.05) is 0 Å². The van der Waals surface area contributed by atoms with E-state index in [9.17, 15) is 4.79 Å². The molecule has 0 bridgehead atoms. The van der Waals surface area contributed by atoms with Crippen LogP contribution in [0.25, 0.3) is 54.9 Å². The number of fused-ring (bicyclic) bond motifs is 2. The van der Waals surface area contributed by atoms with E-state index in [1.807, 2.05) is 36.5 Å². The first kappa shape index (κ1) is 17.8. The zero-order valence-corrected chi connectivity index (χ0v) is 17.2. The van der Waals surface area contributed by atoms with Gasteiger partial charge in [0.1, 0.15) is 11.3 Å². The second-order valence-corrected chi connectivity index (χ2v) is 8.43.